The van der Waals surface area contributed by atoms with Gasteiger partial charge in [-0.2, -0.15) is 0 Å². The highest BCUT2D eigenvalue weighted by molar-refractivity contribution is 5.22. The molecule has 3 heterocycles. The van der Waals surface area contributed by atoms with Crippen molar-refractivity contribution in [2.45, 2.75) is 52.1 Å². The van der Waals surface area contributed by atoms with Crippen molar-refractivity contribution in [3.8, 4) is 0 Å². The fourth-order valence-electron chi connectivity index (χ4n) is 3.58. The fourth-order valence-corrected chi connectivity index (χ4v) is 3.58. The van der Waals surface area contributed by atoms with Crippen molar-refractivity contribution >= 4 is 0 Å². The number of nitrogens with zero attached hydrogens (tertiary/aromatic N) is 3. The summed E-state index contributed by atoms with van der Waals surface area (Å²) < 4.78 is 2.63. The van der Waals surface area contributed by atoms with Crippen molar-refractivity contribution in [2.75, 3.05) is 26.7 Å². The van der Waals surface area contributed by atoms with Crippen LogP contribution in [0.1, 0.15) is 49.9 Å². The van der Waals surface area contributed by atoms with Gasteiger partial charge in [0.25, 0.3) is 0 Å². The summed E-state index contributed by atoms with van der Waals surface area (Å²) in [6, 6.07) is 0.675. The molecule has 4 heteroatoms. The second kappa shape index (κ2) is 5.86. The normalized spacial score (nSPS) is 21.4. The van der Waals surface area contributed by atoms with Gasteiger partial charge in [0, 0.05) is 37.7 Å². The first kappa shape index (κ1) is 14.1. The topological polar surface area (TPSA) is 33.1 Å². The Morgan fingerprint density at radius 3 is 2.75 bits per heavy atom. The first-order valence-corrected chi connectivity index (χ1v) is 8.13. The molecule has 2 aliphatic rings. The van der Waals surface area contributed by atoms with Gasteiger partial charge in [0.1, 0.15) is 5.82 Å². The van der Waals surface area contributed by atoms with Gasteiger partial charge in [-0.1, -0.05) is 13.8 Å². The van der Waals surface area contributed by atoms with E-state index in [9.17, 15) is 0 Å². The van der Waals surface area contributed by atoms with Gasteiger partial charge in [-0.3, -0.25) is 0 Å². The summed E-state index contributed by atoms with van der Waals surface area (Å²) in [6.45, 7) is 9.09. The minimum atomic E-state index is 0.675. The standard InChI is InChI=1S/C16H28N4/c1-12(2)10-16-18-14-11-17-7-4-15(14)20(16)13-5-8-19(3)9-6-13/h12-13,17H,4-11H2,1-3H3. The first-order valence-electron chi connectivity index (χ1n) is 8.13. The zero-order valence-corrected chi connectivity index (χ0v) is 13.2. The highest BCUT2D eigenvalue weighted by Crippen LogP contribution is 2.29. The Morgan fingerprint density at radius 1 is 1.30 bits per heavy atom. The van der Waals surface area contributed by atoms with Crippen molar-refractivity contribution < 1.29 is 0 Å². The van der Waals surface area contributed by atoms with Gasteiger partial charge in [-0.05, 0) is 38.9 Å². The van der Waals surface area contributed by atoms with E-state index in [1.165, 1.54) is 43.1 Å². The number of rotatable bonds is 3. The molecule has 0 aliphatic carbocycles. The molecule has 0 atom stereocenters. The minimum Gasteiger partial charge on any atom is -0.328 e. The van der Waals surface area contributed by atoms with E-state index < -0.39 is 0 Å². The molecule has 0 aromatic carbocycles. The lowest BCUT2D eigenvalue weighted by molar-refractivity contribution is 0.215. The Hall–Kier alpha value is -0.870. The molecule has 0 spiro atoms. The molecule has 112 valence electrons. The molecule has 3 rings (SSSR count). The molecular formula is C16H28N4. The van der Waals surface area contributed by atoms with Crippen LogP contribution in [0, 0.1) is 5.92 Å². The van der Waals surface area contributed by atoms with Crippen LogP contribution in [-0.2, 0) is 19.4 Å². The summed E-state index contributed by atoms with van der Waals surface area (Å²) in [5.74, 6) is 2.01. The molecule has 4 nitrogen and oxygen atoms in total. The number of fused-ring (bicyclic) bond motifs is 1. The van der Waals surface area contributed by atoms with Gasteiger partial charge in [0.05, 0.1) is 5.69 Å². The van der Waals surface area contributed by atoms with Gasteiger partial charge < -0.3 is 14.8 Å². The molecule has 0 unspecified atom stereocenters. The number of piperidine rings is 1. The third-order valence-electron chi connectivity index (χ3n) is 4.64. The van der Waals surface area contributed by atoms with Crippen molar-refractivity contribution in [3.05, 3.63) is 17.2 Å². The molecule has 1 aromatic heterocycles. The predicted molar refractivity (Wildman–Crippen MR) is 81.9 cm³/mol. The van der Waals surface area contributed by atoms with E-state index in [0.717, 1.165) is 25.9 Å². The summed E-state index contributed by atoms with van der Waals surface area (Å²) in [6.07, 6.45) is 4.81. The monoisotopic (exact) mass is 276 g/mol. The molecule has 0 bridgehead atoms. The van der Waals surface area contributed by atoms with E-state index in [-0.39, 0.29) is 0 Å². The summed E-state index contributed by atoms with van der Waals surface area (Å²) >= 11 is 0. The van der Waals surface area contributed by atoms with Crippen molar-refractivity contribution in [3.63, 3.8) is 0 Å². The van der Waals surface area contributed by atoms with Gasteiger partial charge in [-0.15, -0.1) is 0 Å². The summed E-state index contributed by atoms with van der Waals surface area (Å²) in [4.78, 5) is 7.42. The number of nitrogens with one attached hydrogen (secondary N) is 1. The molecule has 0 amide bonds. The number of likely N-dealkylation sites (tertiary alicyclic amines) is 1. The highest BCUT2D eigenvalue weighted by Gasteiger charge is 2.27. The first-order chi connectivity index (χ1) is 9.65. The Balaban J connectivity index is 1.91. The zero-order valence-electron chi connectivity index (χ0n) is 13.2. The summed E-state index contributed by atoms with van der Waals surface area (Å²) in [5.41, 5.74) is 2.83. The van der Waals surface area contributed by atoms with E-state index in [4.69, 9.17) is 4.98 Å². The Labute approximate surface area is 122 Å². The van der Waals surface area contributed by atoms with Crippen LogP contribution in [0.5, 0.6) is 0 Å². The average Bonchev–Trinajstić information content (AvgIpc) is 2.77. The second-order valence-electron chi connectivity index (χ2n) is 6.85. The number of aromatic nitrogens is 2. The lowest BCUT2D eigenvalue weighted by Gasteiger charge is -2.32. The lowest BCUT2D eigenvalue weighted by Crippen LogP contribution is -2.33. The van der Waals surface area contributed by atoms with Crippen LogP contribution < -0.4 is 5.32 Å². The average molecular weight is 276 g/mol. The Kier molecular flexibility index (Phi) is 4.13. The van der Waals surface area contributed by atoms with Crippen LogP contribution in [0.4, 0.5) is 0 Å². The smallest absolute Gasteiger partial charge is 0.109 e. The Morgan fingerprint density at radius 2 is 2.05 bits per heavy atom. The van der Waals surface area contributed by atoms with Crippen LogP contribution in [0.25, 0.3) is 0 Å². The predicted octanol–water partition coefficient (Wildman–Crippen LogP) is 1.99. The number of hydrogen-bond donors (Lipinski definition) is 1. The molecule has 0 radical (unpaired) electrons. The van der Waals surface area contributed by atoms with E-state index in [1.807, 2.05) is 0 Å². The van der Waals surface area contributed by atoms with E-state index in [1.54, 1.807) is 0 Å². The van der Waals surface area contributed by atoms with Crippen molar-refractivity contribution in [1.29, 1.82) is 0 Å². The molecule has 0 saturated carbocycles. The van der Waals surface area contributed by atoms with Crippen LogP contribution in [0.3, 0.4) is 0 Å². The molecule has 20 heavy (non-hydrogen) atoms. The van der Waals surface area contributed by atoms with Gasteiger partial charge >= 0.3 is 0 Å². The maximum absolute atomic E-state index is 4.97. The van der Waals surface area contributed by atoms with Gasteiger partial charge in [0.15, 0.2) is 0 Å². The highest BCUT2D eigenvalue weighted by atomic mass is 15.2. The van der Waals surface area contributed by atoms with Crippen molar-refractivity contribution in [2.24, 2.45) is 5.92 Å². The molecule has 1 aromatic rings. The molecule has 1 N–H and O–H groups in total. The largest absolute Gasteiger partial charge is 0.328 e. The van der Waals surface area contributed by atoms with Crippen molar-refractivity contribution in [1.82, 2.24) is 19.8 Å². The van der Waals surface area contributed by atoms with Crippen LogP contribution >= 0.6 is 0 Å². The van der Waals surface area contributed by atoms with E-state index >= 15 is 0 Å². The molecule has 1 saturated heterocycles. The van der Waals surface area contributed by atoms with Crippen LogP contribution in [-0.4, -0.2) is 41.1 Å². The van der Waals surface area contributed by atoms with Crippen LogP contribution in [0.15, 0.2) is 0 Å². The van der Waals surface area contributed by atoms with E-state index in [2.05, 4.69) is 35.7 Å². The SMILES string of the molecule is CC(C)Cc1nc2c(n1C1CCN(C)CC1)CCNC2. The lowest BCUT2D eigenvalue weighted by atomic mass is 10.0. The fraction of sp³-hybridized carbons (Fsp3) is 0.812. The maximum Gasteiger partial charge on any atom is 0.109 e. The number of imidazole rings is 1. The van der Waals surface area contributed by atoms with E-state index in [0.29, 0.717) is 12.0 Å². The Bertz CT molecular complexity index is 455. The maximum atomic E-state index is 4.97. The van der Waals surface area contributed by atoms with Gasteiger partial charge in [0.2, 0.25) is 0 Å². The third kappa shape index (κ3) is 2.77. The van der Waals surface area contributed by atoms with Crippen LogP contribution in [0.2, 0.25) is 0 Å². The quantitative estimate of drug-likeness (QED) is 0.916. The third-order valence-corrected chi connectivity index (χ3v) is 4.64. The second-order valence-corrected chi connectivity index (χ2v) is 6.85. The summed E-state index contributed by atoms with van der Waals surface area (Å²) in [5, 5.41) is 3.46. The minimum absolute atomic E-state index is 0.675. The molecular weight excluding hydrogens is 248 g/mol. The number of hydrogen-bond acceptors (Lipinski definition) is 3. The molecule has 2 aliphatic heterocycles. The molecule has 1 fully saturated rings. The van der Waals surface area contributed by atoms with Gasteiger partial charge in [-0.25, -0.2) is 4.98 Å². The summed E-state index contributed by atoms with van der Waals surface area (Å²) in [7, 11) is 2.23. The zero-order chi connectivity index (χ0) is 14.1.